The largest absolute Gasteiger partial charge is 0.507 e. The lowest BCUT2D eigenvalue weighted by Gasteiger charge is -2.43. The molecule has 2 aromatic rings. The quantitative estimate of drug-likeness (QED) is 0.785. The fourth-order valence-electron chi connectivity index (χ4n) is 3.46. The van der Waals surface area contributed by atoms with Gasteiger partial charge in [0, 0.05) is 16.7 Å². The Morgan fingerprint density at radius 3 is 2.77 bits per heavy atom. The summed E-state index contributed by atoms with van der Waals surface area (Å²) in [5.74, 6) is -0.105. The molecule has 1 spiro atoms. The lowest BCUT2D eigenvalue weighted by atomic mass is 9.67. The molecule has 1 aliphatic carbocycles. The van der Waals surface area contributed by atoms with Crippen molar-refractivity contribution in [3.05, 3.63) is 35.9 Å². The molecule has 1 fully saturated rings. The molecule has 2 aliphatic rings. The summed E-state index contributed by atoms with van der Waals surface area (Å²) < 4.78 is 0. The second-order valence-corrected chi connectivity index (χ2v) is 6.15. The molecule has 6 nitrogen and oxygen atoms in total. The molecule has 4 rings (SSSR count). The number of fused-ring (bicyclic) bond motifs is 1. The van der Waals surface area contributed by atoms with Gasteiger partial charge >= 0.3 is 5.97 Å². The van der Waals surface area contributed by atoms with Gasteiger partial charge < -0.3 is 15.5 Å². The summed E-state index contributed by atoms with van der Waals surface area (Å²) in [6, 6.07) is 8.94. The molecule has 1 aromatic heterocycles. The zero-order valence-corrected chi connectivity index (χ0v) is 11.8. The van der Waals surface area contributed by atoms with Crippen LogP contribution in [0.2, 0.25) is 0 Å². The predicted octanol–water partition coefficient (Wildman–Crippen LogP) is 2.05. The van der Waals surface area contributed by atoms with Gasteiger partial charge in [-0.3, -0.25) is 4.79 Å². The van der Waals surface area contributed by atoms with Gasteiger partial charge in [-0.15, -0.1) is 10.2 Å². The Bertz CT molecular complexity index is 769. The van der Waals surface area contributed by atoms with Gasteiger partial charge in [-0.05, 0) is 37.5 Å². The average Bonchev–Trinajstić information content (AvgIpc) is 2.84. The van der Waals surface area contributed by atoms with Crippen LogP contribution in [0.25, 0.3) is 11.3 Å². The Balaban J connectivity index is 1.61. The SMILES string of the molecule is O=C(O)[C@H]1C[C@@]2(Cc3cc(-c4ccccc4O)nnc3N2)C1. The average molecular weight is 297 g/mol. The maximum atomic E-state index is 11.0. The lowest BCUT2D eigenvalue weighted by molar-refractivity contribution is -0.146. The van der Waals surface area contributed by atoms with Gasteiger partial charge in [-0.1, -0.05) is 12.1 Å². The van der Waals surface area contributed by atoms with Crippen LogP contribution in [0.3, 0.4) is 0 Å². The van der Waals surface area contributed by atoms with E-state index in [0.29, 0.717) is 24.1 Å². The number of para-hydroxylation sites is 1. The molecule has 1 aromatic carbocycles. The molecule has 2 heterocycles. The van der Waals surface area contributed by atoms with E-state index in [4.69, 9.17) is 5.11 Å². The first-order valence-electron chi connectivity index (χ1n) is 7.22. The Labute approximate surface area is 126 Å². The van der Waals surface area contributed by atoms with Gasteiger partial charge in [-0.25, -0.2) is 0 Å². The van der Waals surface area contributed by atoms with E-state index in [1.165, 1.54) is 0 Å². The molecule has 0 saturated heterocycles. The molecular formula is C16H15N3O3. The smallest absolute Gasteiger partial charge is 0.306 e. The standard InChI is InChI=1S/C16H15N3O3/c20-13-4-2-1-3-11(13)12-5-9-6-16(17-14(9)19-18-12)7-10(8-16)15(21)22/h1-5,10,20H,6-8H2,(H,17,19)(H,21,22)/t10-,16-. The third-order valence-corrected chi connectivity index (χ3v) is 4.59. The van der Waals surface area contributed by atoms with Crippen LogP contribution in [0.15, 0.2) is 30.3 Å². The number of aliphatic carboxylic acids is 1. The number of benzene rings is 1. The lowest BCUT2D eigenvalue weighted by Crippen LogP contribution is -2.51. The van der Waals surface area contributed by atoms with Crippen molar-refractivity contribution in [3.8, 4) is 17.0 Å². The fourth-order valence-corrected chi connectivity index (χ4v) is 3.46. The number of carboxylic acids is 1. The second-order valence-electron chi connectivity index (χ2n) is 6.15. The van der Waals surface area contributed by atoms with Crippen LogP contribution in [0.4, 0.5) is 5.82 Å². The first-order valence-corrected chi connectivity index (χ1v) is 7.22. The van der Waals surface area contributed by atoms with Gasteiger partial charge in [-0.2, -0.15) is 0 Å². The Morgan fingerprint density at radius 2 is 2.05 bits per heavy atom. The summed E-state index contributed by atoms with van der Waals surface area (Å²) >= 11 is 0. The number of carbonyl (C=O) groups is 1. The monoisotopic (exact) mass is 297 g/mol. The number of aromatic hydroxyl groups is 1. The van der Waals surface area contributed by atoms with E-state index < -0.39 is 5.97 Å². The van der Waals surface area contributed by atoms with Gasteiger partial charge in [0.05, 0.1) is 11.6 Å². The van der Waals surface area contributed by atoms with Crippen molar-refractivity contribution in [1.82, 2.24) is 10.2 Å². The highest BCUT2D eigenvalue weighted by Crippen LogP contribution is 2.47. The van der Waals surface area contributed by atoms with Crippen molar-refractivity contribution < 1.29 is 15.0 Å². The van der Waals surface area contributed by atoms with E-state index in [1.54, 1.807) is 18.2 Å². The van der Waals surface area contributed by atoms with Crippen molar-refractivity contribution in [2.75, 3.05) is 5.32 Å². The van der Waals surface area contributed by atoms with E-state index in [-0.39, 0.29) is 17.2 Å². The number of carboxylic acid groups (broad SMARTS) is 1. The minimum absolute atomic E-state index is 0.173. The number of aromatic nitrogens is 2. The van der Waals surface area contributed by atoms with Crippen molar-refractivity contribution >= 4 is 11.8 Å². The number of anilines is 1. The normalized spacial score (nSPS) is 25.4. The van der Waals surface area contributed by atoms with Gasteiger partial charge in [0.2, 0.25) is 0 Å². The molecule has 0 unspecified atom stereocenters. The molecule has 1 saturated carbocycles. The highest BCUT2D eigenvalue weighted by molar-refractivity contribution is 5.74. The summed E-state index contributed by atoms with van der Waals surface area (Å²) in [7, 11) is 0. The zero-order chi connectivity index (χ0) is 15.3. The maximum absolute atomic E-state index is 11.0. The van der Waals surface area contributed by atoms with E-state index in [2.05, 4.69) is 15.5 Å². The van der Waals surface area contributed by atoms with Crippen molar-refractivity contribution in [3.63, 3.8) is 0 Å². The zero-order valence-electron chi connectivity index (χ0n) is 11.8. The molecule has 1 aliphatic heterocycles. The van der Waals surface area contributed by atoms with Crippen LogP contribution in [-0.4, -0.2) is 31.9 Å². The molecule has 0 atom stereocenters. The van der Waals surface area contributed by atoms with Crippen molar-refractivity contribution in [2.24, 2.45) is 5.92 Å². The number of hydrogen-bond donors (Lipinski definition) is 3. The number of phenolic OH excluding ortho intramolecular Hbond substituents is 1. The Hall–Kier alpha value is -2.63. The fraction of sp³-hybridized carbons (Fsp3) is 0.312. The number of hydrogen-bond acceptors (Lipinski definition) is 5. The number of rotatable bonds is 2. The molecule has 0 radical (unpaired) electrons. The maximum Gasteiger partial charge on any atom is 0.306 e. The number of nitrogens with one attached hydrogen (secondary N) is 1. The summed E-state index contributed by atoms with van der Waals surface area (Å²) in [5.41, 5.74) is 2.12. The van der Waals surface area contributed by atoms with Gasteiger partial charge in [0.15, 0.2) is 5.82 Å². The first kappa shape index (κ1) is 13.1. The molecule has 3 N–H and O–H groups in total. The number of nitrogens with zero attached hydrogens (tertiary/aromatic N) is 2. The van der Waals surface area contributed by atoms with Crippen LogP contribution >= 0.6 is 0 Å². The number of phenols is 1. The van der Waals surface area contributed by atoms with Crippen LogP contribution in [-0.2, 0) is 11.2 Å². The van der Waals surface area contributed by atoms with E-state index >= 15 is 0 Å². The van der Waals surface area contributed by atoms with Gasteiger partial charge in [0.25, 0.3) is 0 Å². The summed E-state index contributed by atoms with van der Waals surface area (Å²) in [4.78, 5) is 11.0. The highest BCUT2D eigenvalue weighted by Gasteiger charge is 2.51. The van der Waals surface area contributed by atoms with E-state index in [9.17, 15) is 9.90 Å². The Kier molecular flexibility index (Phi) is 2.63. The molecular weight excluding hydrogens is 282 g/mol. The van der Waals surface area contributed by atoms with Crippen molar-refractivity contribution in [2.45, 2.75) is 24.8 Å². The summed E-state index contributed by atoms with van der Waals surface area (Å²) in [6.45, 7) is 0. The minimum atomic E-state index is -0.732. The third-order valence-electron chi connectivity index (χ3n) is 4.59. The Morgan fingerprint density at radius 1 is 1.27 bits per heavy atom. The van der Waals surface area contributed by atoms with Crippen molar-refractivity contribution in [1.29, 1.82) is 0 Å². The van der Waals surface area contributed by atoms with Crippen LogP contribution in [0.1, 0.15) is 18.4 Å². The van der Waals surface area contributed by atoms with E-state index in [0.717, 1.165) is 17.8 Å². The molecule has 112 valence electrons. The van der Waals surface area contributed by atoms with Gasteiger partial charge in [0.1, 0.15) is 5.75 Å². The van der Waals surface area contributed by atoms with Crippen LogP contribution in [0, 0.1) is 5.92 Å². The predicted molar refractivity (Wildman–Crippen MR) is 79.6 cm³/mol. The highest BCUT2D eigenvalue weighted by atomic mass is 16.4. The molecule has 0 bridgehead atoms. The van der Waals surface area contributed by atoms with Crippen LogP contribution in [0.5, 0.6) is 5.75 Å². The van der Waals surface area contributed by atoms with E-state index in [1.807, 2.05) is 12.1 Å². The molecule has 22 heavy (non-hydrogen) atoms. The first-order chi connectivity index (χ1) is 10.6. The summed E-state index contributed by atoms with van der Waals surface area (Å²) in [5, 5.41) is 30.7. The second kappa shape index (κ2) is 4.43. The molecule has 6 heteroatoms. The minimum Gasteiger partial charge on any atom is -0.507 e. The van der Waals surface area contributed by atoms with Crippen LogP contribution < -0.4 is 5.32 Å². The summed E-state index contributed by atoms with van der Waals surface area (Å²) in [6.07, 6.45) is 1.98. The molecule has 0 amide bonds. The third kappa shape index (κ3) is 1.91. The topological polar surface area (TPSA) is 95.3 Å².